The van der Waals surface area contributed by atoms with Gasteiger partial charge in [0.1, 0.15) is 18.8 Å². The Bertz CT molecular complexity index is 937. The van der Waals surface area contributed by atoms with Crippen LogP contribution in [0.3, 0.4) is 0 Å². The fourth-order valence-electron chi connectivity index (χ4n) is 3.13. The number of esters is 1. The number of rotatable bonds is 5. The van der Waals surface area contributed by atoms with Crippen LogP contribution in [0.2, 0.25) is 0 Å². The first-order valence-corrected chi connectivity index (χ1v) is 9.14. The minimum absolute atomic E-state index is 0.0756. The van der Waals surface area contributed by atoms with Gasteiger partial charge in [0, 0.05) is 6.54 Å². The molecule has 1 fully saturated rings. The first-order chi connectivity index (χ1) is 14.1. The van der Waals surface area contributed by atoms with E-state index in [1.165, 1.54) is 17.3 Å². The lowest BCUT2D eigenvalue weighted by atomic mass is 10.2. The number of nitrogens with one attached hydrogen (secondary N) is 1. The Labute approximate surface area is 166 Å². The molecule has 1 atom stereocenters. The van der Waals surface area contributed by atoms with E-state index in [4.69, 9.17) is 9.47 Å². The predicted molar refractivity (Wildman–Crippen MR) is 105 cm³/mol. The number of hydrogen-bond donors (Lipinski definition) is 1. The first-order valence-electron chi connectivity index (χ1n) is 9.14. The van der Waals surface area contributed by atoms with E-state index in [2.05, 4.69) is 10.5 Å². The second kappa shape index (κ2) is 8.17. The molecule has 4 rings (SSSR count). The van der Waals surface area contributed by atoms with E-state index in [9.17, 15) is 14.0 Å². The van der Waals surface area contributed by atoms with E-state index in [1.807, 2.05) is 0 Å². The van der Waals surface area contributed by atoms with E-state index in [1.54, 1.807) is 47.4 Å². The number of nitrogens with zero attached hydrogens (tertiary/aromatic N) is 3. The van der Waals surface area contributed by atoms with Gasteiger partial charge in [0.15, 0.2) is 6.10 Å². The molecule has 150 valence electrons. The van der Waals surface area contributed by atoms with Crippen LogP contribution in [0.1, 0.15) is 10.4 Å². The molecule has 0 bridgehead atoms. The van der Waals surface area contributed by atoms with Crippen LogP contribution in [0.4, 0.5) is 20.6 Å². The maximum Gasteiger partial charge on any atom is 0.414 e. The molecule has 1 N–H and O–H groups in total. The van der Waals surface area contributed by atoms with E-state index in [-0.39, 0.29) is 13.2 Å². The summed E-state index contributed by atoms with van der Waals surface area (Å²) in [5, 5.41) is 3.91. The zero-order valence-electron chi connectivity index (χ0n) is 15.5. The molecule has 2 heterocycles. The van der Waals surface area contributed by atoms with Gasteiger partial charge in [-0.25, -0.2) is 14.0 Å². The van der Waals surface area contributed by atoms with Gasteiger partial charge in [0.25, 0.3) is 0 Å². The SMILES string of the molecule is O=C(OCC1CN(c2ccc(N3C=NNCC3)c(F)c2)C(=O)O1)c1ccccc1. The van der Waals surface area contributed by atoms with Gasteiger partial charge in [-0.05, 0) is 30.3 Å². The number of carbonyl (C=O) groups is 2. The summed E-state index contributed by atoms with van der Waals surface area (Å²) in [4.78, 5) is 27.2. The van der Waals surface area contributed by atoms with Crippen molar-refractivity contribution in [2.75, 3.05) is 36.0 Å². The van der Waals surface area contributed by atoms with Gasteiger partial charge in [-0.15, -0.1) is 0 Å². The summed E-state index contributed by atoms with van der Waals surface area (Å²) >= 11 is 0. The van der Waals surface area contributed by atoms with Crippen LogP contribution in [-0.2, 0) is 9.47 Å². The number of hydrogen-bond acceptors (Lipinski definition) is 7. The molecule has 0 saturated carbocycles. The second-order valence-electron chi connectivity index (χ2n) is 6.56. The molecule has 1 amide bonds. The van der Waals surface area contributed by atoms with Gasteiger partial charge in [0.2, 0.25) is 0 Å². The molecular formula is C20H19FN4O4. The lowest BCUT2D eigenvalue weighted by Gasteiger charge is -2.24. The van der Waals surface area contributed by atoms with Crippen LogP contribution >= 0.6 is 0 Å². The zero-order valence-corrected chi connectivity index (χ0v) is 15.5. The van der Waals surface area contributed by atoms with Crippen molar-refractivity contribution in [1.82, 2.24) is 5.43 Å². The Kier molecular flexibility index (Phi) is 5.28. The molecule has 0 radical (unpaired) electrons. The van der Waals surface area contributed by atoms with Crippen LogP contribution in [0.15, 0.2) is 53.6 Å². The summed E-state index contributed by atoms with van der Waals surface area (Å²) < 4.78 is 25.1. The van der Waals surface area contributed by atoms with Gasteiger partial charge >= 0.3 is 12.1 Å². The smallest absolute Gasteiger partial charge is 0.414 e. The Morgan fingerprint density at radius 1 is 1.28 bits per heavy atom. The topological polar surface area (TPSA) is 83.5 Å². The number of amides is 1. The van der Waals surface area contributed by atoms with Gasteiger partial charge in [-0.3, -0.25) is 4.90 Å². The van der Waals surface area contributed by atoms with E-state index in [0.717, 1.165) is 0 Å². The molecule has 1 saturated heterocycles. The molecule has 1 unspecified atom stereocenters. The number of anilines is 2. The average molecular weight is 398 g/mol. The molecule has 2 aliphatic rings. The van der Waals surface area contributed by atoms with Gasteiger partial charge < -0.3 is 19.8 Å². The lowest BCUT2D eigenvalue weighted by Crippen LogP contribution is -2.35. The van der Waals surface area contributed by atoms with Crippen LogP contribution < -0.4 is 15.2 Å². The monoisotopic (exact) mass is 398 g/mol. The van der Waals surface area contributed by atoms with Crippen molar-refractivity contribution in [1.29, 1.82) is 0 Å². The number of benzene rings is 2. The third-order valence-electron chi connectivity index (χ3n) is 4.59. The standard InChI is InChI=1S/C20H19FN4O4/c21-17-10-15(6-7-18(17)24-9-8-22-23-13-24)25-11-16(29-20(25)27)12-28-19(26)14-4-2-1-3-5-14/h1-7,10,13,16,22H,8-9,11-12H2. The summed E-state index contributed by atoms with van der Waals surface area (Å²) in [6, 6.07) is 13.1. The summed E-state index contributed by atoms with van der Waals surface area (Å²) in [5.74, 6) is -0.962. The molecule has 0 aliphatic carbocycles. The maximum absolute atomic E-state index is 14.6. The first kappa shape index (κ1) is 18.7. The van der Waals surface area contributed by atoms with Crippen molar-refractivity contribution in [2.45, 2.75) is 6.10 Å². The maximum atomic E-state index is 14.6. The average Bonchev–Trinajstić information content (AvgIpc) is 3.13. The van der Waals surface area contributed by atoms with E-state index >= 15 is 0 Å². The van der Waals surface area contributed by atoms with Crippen LogP contribution in [0.25, 0.3) is 0 Å². The fourth-order valence-corrected chi connectivity index (χ4v) is 3.13. The third-order valence-corrected chi connectivity index (χ3v) is 4.59. The quantitative estimate of drug-likeness (QED) is 0.779. The number of carbonyl (C=O) groups excluding carboxylic acids is 2. The highest BCUT2D eigenvalue weighted by atomic mass is 19.1. The van der Waals surface area contributed by atoms with E-state index in [0.29, 0.717) is 30.0 Å². The molecule has 29 heavy (non-hydrogen) atoms. The highest BCUT2D eigenvalue weighted by Crippen LogP contribution is 2.28. The summed E-state index contributed by atoms with van der Waals surface area (Å²) in [6.07, 6.45) is 0.280. The predicted octanol–water partition coefficient (Wildman–Crippen LogP) is 2.36. The Morgan fingerprint density at radius 3 is 2.83 bits per heavy atom. The summed E-state index contributed by atoms with van der Waals surface area (Å²) in [5.41, 5.74) is 3.97. The molecular weight excluding hydrogens is 379 g/mol. The minimum Gasteiger partial charge on any atom is -0.458 e. The lowest BCUT2D eigenvalue weighted by molar-refractivity contribution is 0.0300. The van der Waals surface area contributed by atoms with Gasteiger partial charge in [-0.1, -0.05) is 18.2 Å². The van der Waals surface area contributed by atoms with Gasteiger partial charge in [-0.2, -0.15) is 5.10 Å². The zero-order chi connectivity index (χ0) is 20.2. The minimum atomic E-state index is -0.627. The Hall–Kier alpha value is -3.62. The van der Waals surface area contributed by atoms with Crippen molar-refractivity contribution in [3.05, 3.63) is 59.9 Å². The van der Waals surface area contributed by atoms with Crippen molar-refractivity contribution in [3.8, 4) is 0 Å². The molecule has 2 aromatic carbocycles. The normalized spacial score (nSPS) is 18.4. The summed E-state index contributed by atoms with van der Waals surface area (Å²) in [6.45, 7) is 1.28. The molecule has 8 nitrogen and oxygen atoms in total. The van der Waals surface area contributed by atoms with Crippen molar-refractivity contribution < 1.29 is 23.5 Å². The largest absolute Gasteiger partial charge is 0.458 e. The van der Waals surface area contributed by atoms with Crippen LogP contribution in [0, 0.1) is 5.82 Å². The van der Waals surface area contributed by atoms with Crippen molar-refractivity contribution in [2.24, 2.45) is 5.10 Å². The number of halogens is 1. The highest BCUT2D eigenvalue weighted by molar-refractivity contribution is 5.91. The van der Waals surface area contributed by atoms with Crippen molar-refractivity contribution >= 4 is 29.8 Å². The third kappa shape index (κ3) is 4.13. The Balaban J connectivity index is 1.39. The van der Waals surface area contributed by atoms with Crippen LogP contribution in [0.5, 0.6) is 0 Å². The second-order valence-corrected chi connectivity index (χ2v) is 6.56. The van der Waals surface area contributed by atoms with Crippen molar-refractivity contribution in [3.63, 3.8) is 0 Å². The molecule has 2 aliphatic heterocycles. The van der Waals surface area contributed by atoms with Crippen LogP contribution in [-0.4, -0.2) is 50.7 Å². The number of cyclic esters (lactones) is 1. The fraction of sp³-hybridized carbons (Fsp3) is 0.250. The number of hydrazone groups is 1. The van der Waals surface area contributed by atoms with E-state index < -0.39 is 24.0 Å². The summed E-state index contributed by atoms with van der Waals surface area (Å²) in [7, 11) is 0. The molecule has 0 spiro atoms. The van der Waals surface area contributed by atoms with Gasteiger partial charge in [0.05, 0.1) is 30.0 Å². The Morgan fingerprint density at radius 2 is 2.10 bits per heavy atom. The molecule has 0 aromatic heterocycles. The number of ether oxygens (including phenoxy) is 2. The molecule has 9 heteroatoms. The molecule has 2 aromatic rings. The highest BCUT2D eigenvalue weighted by Gasteiger charge is 2.33.